The first-order valence-corrected chi connectivity index (χ1v) is 9.92. The lowest BCUT2D eigenvalue weighted by atomic mass is 9.57. The average Bonchev–Trinajstić information content (AvgIpc) is 2.45. The van der Waals surface area contributed by atoms with E-state index in [2.05, 4.69) is 22.5 Å². The van der Waals surface area contributed by atoms with E-state index in [0.29, 0.717) is 12.2 Å². The molecule has 1 saturated heterocycles. The number of nitrogens with zero attached hydrogens (tertiary/aromatic N) is 1. The van der Waals surface area contributed by atoms with Crippen LogP contribution in [0.4, 0.5) is 10.1 Å². The van der Waals surface area contributed by atoms with Gasteiger partial charge in [0.05, 0.1) is 6.54 Å². The van der Waals surface area contributed by atoms with Crippen molar-refractivity contribution < 1.29 is 14.0 Å². The van der Waals surface area contributed by atoms with Gasteiger partial charge in [-0.15, -0.1) is 0 Å². The van der Waals surface area contributed by atoms with E-state index in [9.17, 15) is 14.0 Å². The monoisotopic (exact) mass is 393 g/mol. The van der Waals surface area contributed by atoms with Gasteiger partial charge in [0.25, 0.3) is 0 Å². The lowest BCUT2D eigenvalue weighted by Crippen LogP contribution is -2.65. The molecule has 0 unspecified atom stereocenters. The second-order valence-electron chi connectivity index (χ2n) is 8.86. The molecule has 3 fully saturated rings. The summed E-state index contributed by atoms with van der Waals surface area (Å²) >= 11 is 5.82. The van der Waals surface area contributed by atoms with E-state index in [1.165, 1.54) is 18.6 Å². The van der Waals surface area contributed by atoms with Crippen LogP contribution < -0.4 is 10.6 Å². The van der Waals surface area contributed by atoms with Crippen LogP contribution in [0.1, 0.15) is 39.0 Å². The number of carbonyl (C=O) groups excluding carboxylic acids is 2. The molecule has 0 bridgehead atoms. The van der Waals surface area contributed by atoms with Crippen LogP contribution in [0, 0.1) is 17.2 Å². The third-order valence-corrected chi connectivity index (χ3v) is 6.46. The third-order valence-electron chi connectivity index (χ3n) is 6.24. The first kappa shape index (κ1) is 18.7. The summed E-state index contributed by atoms with van der Waals surface area (Å²) in [6.45, 7) is 4.28. The molecule has 2 saturated carbocycles. The van der Waals surface area contributed by atoms with Gasteiger partial charge in [-0.3, -0.25) is 14.5 Å². The van der Waals surface area contributed by atoms with Crippen LogP contribution in [0.2, 0.25) is 5.02 Å². The number of rotatable bonds is 5. The third kappa shape index (κ3) is 3.97. The predicted molar refractivity (Wildman–Crippen MR) is 102 cm³/mol. The first-order chi connectivity index (χ1) is 12.7. The number of likely N-dealkylation sites (tertiary alicyclic amines) is 1. The zero-order valence-electron chi connectivity index (χ0n) is 15.5. The van der Waals surface area contributed by atoms with E-state index >= 15 is 0 Å². The van der Waals surface area contributed by atoms with Crippen molar-refractivity contribution in [2.24, 2.45) is 11.3 Å². The van der Waals surface area contributed by atoms with Gasteiger partial charge in [-0.05, 0) is 62.6 Å². The van der Waals surface area contributed by atoms with Gasteiger partial charge in [-0.2, -0.15) is 0 Å². The van der Waals surface area contributed by atoms with Gasteiger partial charge in [0.15, 0.2) is 0 Å². The number of hydrogen-bond acceptors (Lipinski definition) is 3. The Morgan fingerprint density at radius 2 is 1.96 bits per heavy atom. The highest BCUT2D eigenvalue weighted by molar-refractivity contribution is 6.30. The van der Waals surface area contributed by atoms with Crippen LogP contribution >= 0.6 is 11.6 Å². The Morgan fingerprint density at radius 3 is 2.56 bits per heavy atom. The van der Waals surface area contributed by atoms with Crippen LogP contribution in [-0.2, 0) is 9.59 Å². The van der Waals surface area contributed by atoms with Crippen LogP contribution in [0.25, 0.3) is 0 Å². The summed E-state index contributed by atoms with van der Waals surface area (Å²) in [6.07, 6.45) is 4.95. The standard InChI is InChI=1S/C20H25ClFN3O2/c1-19(3-2-4-19)24-17(26)10-25-11-20(12-25)8-13(9-20)18(27)23-16-6-14(21)5-15(22)7-16/h5-7,13H,2-4,8-12H2,1H3,(H,23,27)(H,24,26). The van der Waals surface area contributed by atoms with E-state index in [-0.39, 0.29) is 33.7 Å². The lowest BCUT2D eigenvalue weighted by molar-refractivity contribution is -0.145. The van der Waals surface area contributed by atoms with Crippen molar-refractivity contribution in [2.75, 3.05) is 25.0 Å². The SMILES string of the molecule is CC1(NC(=O)CN2CC3(CC(C(=O)Nc4cc(F)cc(Cl)c4)C3)C2)CCC1. The average molecular weight is 394 g/mol. The molecule has 1 heterocycles. The topological polar surface area (TPSA) is 61.4 Å². The smallest absolute Gasteiger partial charge is 0.234 e. The summed E-state index contributed by atoms with van der Waals surface area (Å²) in [7, 11) is 0. The quantitative estimate of drug-likeness (QED) is 0.807. The van der Waals surface area contributed by atoms with Crippen LogP contribution in [-0.4, -0.2) is 41.9 Å². The highest BCUT2D eigenvalue weighted by Gasteiger charge is 2.54. The Morgan fingerprint density at radius 1 is 1.26 bits per heavy atom. The Hall–Kier alpha value is -1.66. The van der Waals surface area contributed by atoms with Gasteiger partial charge in [0, 0.05) is 35.3 Å². The number of hydrogen-bond donors (Lipinski definition) is 2. The van der Waals surface area contributed by atoms with Gasteiger partial charge in [-0.1, -0.05) is 11.6 Å². The molecule has 27 heavy (non-hydrogen) atoms. The number of amides is 2. The van der Waals surface area contributed by atoms with Crippen LogP contribution in [0.3, 0.4) is 0 Å². The summed E-state index contributed by atoms with van der Waals surface area (Å²) < 4.78 is 13.4. The van der Waals surface area contributed by atoms with Crippen molar-refractivity contribution in [1.29, 1.82) is 0 Å². The fraction of sp³-hybridized carbons (Fsp3) is 0.600. The normalized spacial score (nSPS) is 23.1. The molecule has 3 aliphatic rings. The maximum Gasteiger partial charge on any atom is 0.234 e. The fourth-order valence-electron chi connectivity index (χ4n) is 4.73. The number of carbonyl (C=O) groups is 2. The van der Waals surface area contributed by atoms with Crippen molar-refractivity contribution in [1.82, 2.24) is 10.2 Å². The molecule has 0 aromatic heterocycles. The molecule has 1 spiro atoms. The second-order valence-corrected chi connectivity index (χ2v) is 9.30. The van der Waals surface area contributed by atoms with Gasteiger partial charge >= 0.3 is 0 Å². The highest BCUT2D eigenvalue weighted by Crippen LogP contribution is 2.52. The van der Waals surface area contributed by atoms with Gasteiger partial charge < -0.3 is 10.6 Å². The predicted octanol–water partition coefficient (Wildman–Crippen LogP) is 3.19. The minimum Gasteiger partial charge on any atom is -0.350 e. The molecule has 2 N–H and O–H groups in total. The zero-order chi connectivity index (χ0) is 19.2. The lowest BCUT2D eigenvalue weighted by Gasteiger charge is -2.58. The fourth-order valence-corrected chi connectivity index (χ4v) is 4.95. The van der Waals surface area contributed by atoms with Crippen molar-refractivity contribution >= 4 is 29.1 Å². The minimum absolute atomic E-state index is 0.000893. The van der Waals surface area contributed by atoms with E-state index in [1.54, 1.807) is 6.07 Å². The molecule has 2 aliphatic carbocycles. The Labute approximate surface area is 163 Å². The Bertz CT molecular complexity index is 746. The van der Waals surface area contributed by atoms with Crippen LogP contribution in [0.5, 0.6) is 0 Å². The van der Waals surface area contributed by atoms with Crippen molar-refractivity contribution in [3.05, 3.63) is 29.0 Å². The molecule has 146 valence electrons. The molecule has 1 aliphatic heterocycles. The van der Waals surface area contributed by atoms with Gasteiger partial charge in [0.2, 0.25) is 11.8 Å². The molecule has 1 aromatic rings. The number of benzene rings is 1. The first-order valence-electron chi connectivity index (χ1n) is 9.55. The maximum atomic E-state index is 13.4. The Kier molecular flexibility index (Phi) is 4.67. The number of anilines is 1. The van der Waals surface area contributed by atoms with Crippen LogP contribution in [0.15, 0.2) is 18.2 Å². The summed E-state index contributed by atoms with van der Waals surface area (Å²) in [5.74, 6) is -0.511. The summed E-state index contributed by atoms with van der Waals surface area (Å²) in [5.41, 5.74) is 0.559. The van der Waals surface area contributed by atoms with E-state index < -0.39 is 5.82 Å². The molecule has 5 nitrogen and oxygen atoms in total. The molecular formula is C20H25ClFN3O2. The Balaban J connectivity index is 1.20. The van der Waals surface area contributed by atoms with E-state index in [1.807, 2.05) is 0 Å². The van der Waals surface area contributed by atoms with Crippen molar-refractivity contribution in [3.8, 4) is 0 Å². The molecule has 1 aromatic carbocycles. The van der Waals surface area contributed by atoms with E-state index in [0.717, 1.165) is 38.8 Å². The van der Waals surface area contributed by atoms with Crippen molar-refractivity contribution in [3.63, 3.8) is 0 Å². The molecular weight excluding hydrogens is 369 g/mol. The zero-order valence-corrected chi connectivity index (χ0v) is 16.2. The minimum atomic E-state index is -0.466. The molecule has 0 atom stereocenters. The number of halogens is 2. The largest absolute Gasteiger partial charge is 0.350 e. The van der Waals surface area contributed by atoms with Gasteiger partial charge in [-0.25, -0.2) is 4.39 Å². The molecule has 4 rings (SSSR count). The summed E-state index contributed by atoms with van der Waals surface area (Å²) in [4.78, 5) is 26.6. The molecule has 0 radical (unpaired) electrons. The molecule has 7 heteroatoms. The van der Waals surface area contributed by atoms with Gasteiger partial charge in [0.1, 0.15) is 5.82 Å². The highest BCUT2D eigenvalue weighted by atomic mass is 35.5. The van der Waals surface area contributed by atoms with Crippen molar-refractivity contribution in [2.45, 2.75) is 44.6 Å². The summed E-state index contributed by atoms with van der Waals surface area (Å²) in [5, 5.41) is 6.15. The summed E-state index contributed by atoms with van der Waals surface area (Å²) in [6, 6.07) is 4.02. The number of nitrogens with one attached hydrogen (secondary N) is 2. The molecule has 2 amide bonds. The second kappa shape index (κ2) is 6.74. The maximum absolute atomic E-state index is 13.4. The van der Waals surface area contributed by atoms with E-state index in [4.69, 9.17) is 11.6 Å².